The molecule has 1 aromatic heterocycles. The second-order valence-electron chi connectivity index (χ2n) is 6.06. The molecule has 1 atom stereocenters. The molecule has 1 saturated heterocycles. The van der Waals surface area contributed by atoms with Crippen LogP contribution in [0.3, 0.4) is 0 Å². The van der Waals surface area contributed by atoms with Gasteiger partial charge in [-0.25, -0.2) is 0 Å². The molecule has 1 fully saturated rings. The Hall–Kier alpha value is -2.41. The number of hydrogen-bond donors (Lipinski definition) is 3. The SMILES string of the molecule is C=CCNC(=O)C(C)N1CCC(Cc2ccc(=O)[nH]c2)CC1.O=CO. The van der Waals surface area contributed by atoms with E-state index in [1.165, 1.54) is 5.56 Å². The van der Waals surface area contributed by atoms with E-state index in [0.29, 0.717) is 12.5 Å². The highest BCUT2D eigenvalue weighted by atomic mass is 16.3. The van der Waals surface area contributed by atoms with Crippen LogP contribution in [0.5, 0.6) is 0 Å². The van der Waals surface area contributed by atoms with Crippen molar-refractivity contribution in [3.8, 4) is 0 Å². The Bertz CT molecular complexity index is 586. The molecule has 0 bridgehead atoms. The summed E-state index contributed by atoms with van der Waals surface area (Å²) in [4.78, 5) is 36.4. The predicted molar refractivity (Wildman–Crippen MR) is 96.4 cm³/mol. The van der Waals surface area contributed by atoms with E-state index >= 15 is 0 Å². The van der Waals surface area contributed by atoms with Crippen molar-refractivity contribution in [2.45, 2.75) is 32.2 Å². The van der Waals surface area contributed by atoms with E-state index in [1.54, 1.807) is 18.3 Å². The van der Waals surface area contributed by atoms with Gasteiger partial charge in [-0.15, -0.1) is 6.58 Å². The Balaban J connectivity index is 0.000000970. The molecule has 138 valence electrons. The Labute approximate surface area is 147 Å². The second kappa shape index (κ2) is 11.2. The summed E-state index contributed by atoms with van der Waals surface area (Å²) in [6.45, 7) is 7.72. The molecule has 2 heterocycles. The van der Waals surface area contributed by atoms with Crippen LogP contribution in [0.4, 0.5) is 0 Å². The average Bonchev–Trinajstić information content (AvgIpc) is 2.62. The van der Waals surface area contributed by atoms with Crippen molar-refractivity contribution >= 4 is 12.4 Å². The summed E-state index contributed by atoms with van der Waals surface area (Å²) in [5.41, 5.74) is 1.12. The van der Waals surface area contributed by atoms with Crippen LogP contribution in [0.25, 0.3) is 0 Å². The molecule has 1 unspecified atom stereocenters. The number of carboxylic acid groups (broad SMARTS) is 1. The number of nitrogens with zero attached hydrogens (tertiary/aromatic N) is 1. The van der Waals surface area contributed by atoms with Crippen LogP contribution in [-0.2, 0) is 16.0 Å². The smallest absolute Gasteiger partial charge is 0.290 e. The Kier molecular flexibility index (Phi) is 9.24. The molecule has 25 heavy (non-hydrogen) atoms. The van der Waals surface area contributed by atoms with Gasteiger partial charge in [0.05, 0.1) is 6.04 Å². The number of H-pyrrole nitrogens is 1. The third kappa shape index (κ3) is 7.34. The molecule has 0 aliphatic carbocycles. The zero-order chi connectivity index (χ0) is 18.7. The quantitative estimate of drug-likeness (QED) is 0.526. The van der Waals surface area contributed by atoms with Gasteiger partial charge in [-0.3, -0.25) is 19.3 Å². The minimum atomic E-state index is -0.250. The number of piperidine rings is 1. The van der Waals surface area contributed by atoms with Crippen LogP contribution in [0, 0.1) is 5.92 Å². The molecule has 0 radical (unpaired) electrons. The first-order valence-electron chi connectivity index (χ1n) is 8.40. The summed E-state index contributed by atoms with van der Waals surface area (Å²) >= 11 is 0. The minimum Gasteiger partial charge on any atom is -0.483 e. The van der Waals surface area contributed by atoms with Crippen LogP contribution in [-0.4, -0.2) is 53.0 Å². The largest absolute Gasteiger partial charge is 0.483 e. The molecular weight excluding hydrogens is 322 g/mol. The number of hydrogen-bond acceptors (Lipinski definition) is 4. The van der Waals surface area contributed by atoms with Gasteiger partial charge >= 0.3 is 0 Å². The van der Waals surface area contributed by atoms with E-state index in [4.69, 9.17) is 9.90 Å². The molecule has 0 saturated carbocycles. The molecule has 1 aliphatic rings. The number of nitrogens with one attached hydrogen (secondary N) is 2. The van der Waals surface area contributed by atoms with Gasteiger partial charge in [0.1, 0.15) is 0 Å². The van der Waals surface area contributed by atoms with Crippen molar-refractivity contribution in [1.82, 2.24) is 15.2 Å². The zero-order valence-corrected chi connectivity index (χ0v) is 14.6. The monoisotopic (exact) mass is 349 g/mol. The number of rotatable bonds is 6. The molecular formula is C18H27N3O4. The third-order valence-corrected chi connectivity index (χ3v) is 4.37. The maximum absolute atomic E-state index is 12.0. The standard InChI is InChI=1S/C17H25N3O2.CH2O2/c1-3-8-18-17(22)13(2)20-9-6-14(7-10-20)11-15-4-5-16(21)19-12-15;2-1-3/h3-5,12-14H,1,6-11H2,2H3,(H,18,22)(H,19,21);1H,(H,2,3). The normalized spacial score (nSPS) is 16.2. The maximum Gasteiger partial charge on any atom is 0.290 e. The highest BCUT2D eigenvalue weighted by Crippen LogP contribution is 2.22. The van der Waals surface area contributed by atoms with Crippen molar-refractivity contribution in [1.29, 1.82) is 0 Å². The number of carbonyl (C=O) groups is 2. The van der Waals surface area contributed by atoms with E-state index in [1.807, 2.05) is 13.0 Å². The van der Waals surface area contributed by atoms with Crippen molar-refractivity contribution in [3.05, 3.63) is 46.9 Å². The predicted octanol–water partition coefficient (Wildman–Crippen LogP) is 1.02. The highest BCUT2D eigenvalue weighted by molar-refractivity contribution is 5.81. The van der Waals surface area contributed by atoms with Gasteiger partial charge in [-0.1, -0.05) is 12.1 Å². The molecule has 0 spiro atoms. The van der Waals surface area contributed by atoms with E-state index in [2.05, 4.69) is 21.8 Å². The second-order valence-corrected chi connectivity index (χ2v) is 6.06. The fourth-order valence-corrected chi connectivity index (χ4v) is 2.93. The fourth-order valence-electron chi connectivity index (χ4n) is 2.93. The number of aromatic nitrogens is 1. The maximum atomic E-state index is 12.0. The summed E-state index contributed by atoms with van der Waals surface area (Å²) in [7, 11) is 0. The van der Waals surface area contributed by atoms with Crippen molar-refractivity contribution in [2.24, 2.45) is 5.92 Å². The van der Waals surface area contributed by atoms with Crippen molar-refractivity contribution in [2.75, 3.05) is 19.6 Å². The summed E-state index contributed by atoms with van der Waals surface area (Å²) < 4.78 is 0. The van der Waals surface area contributed by atoms with Gasteiger partial charge in [0.15, 0.2) is 0 Å². The van der Waals surface area contributed by atoms with Crippen LogP contribution < -0.4 is 10.9 Å². The summed E-state index contributed by atoms with van der Waals surface area (Å²) in [5, 5.41) is 9.74. The van der Waals surface area contributed by atoms with Crippen LogP contribution in [0.15, 0.2) is 35.8 Å². The summed E-state index contributed by atoms with van der Waals surface area (Å²) in [5.74, 6) is 0.685. The first-order valence-corrected chi connectivity index (χ1v) is 8.40. The molecule has 1 aliphatic heterocycles. The van der Waals surface area contributed by atoms with Crippen LogP contribution in [0.2, 0.25) is 0 Å². The van der Waals surface area contributed by atoms with Gasteiger partial charge in [-0.05, 0) is 50.8 Å². The lowest BCUT2D eigenvalue weighted by atomic mass is 9.90. The van der Waals surface area contributed by atoms with Crippen LogP contribution >= 0.6 is 0 Å². The molecule has 2 rings (SSSR count). The number of pyridine rings is 1. The highest BCUT2D eigenvalue weighted by Gasteiger charge is 2.26. The molecule has 1 amide bonds. The van der Waals surface area contributed by atoms with Gasteiger partial charge in [-0.2, -0.15) is 0 Å². The van der Waals surface area contributed by atoms with Crippen molar-refractivity contribution < 1.29 is 14.7 Å². The molecule has 1 aromatic rings. The van der Waals surface area contributed by atoms with Crippen molar-refractivity contribution in [3.63, 3.8) is 0 Å². The van der Waals surface area contributed by atoms with Gasteiger partial charge in [0.2, 0.25) is 11.5 Å². The van der Waals surface area contributed by atoms with E-state index in [-0.39, 0.29) is 24.0 Å². The Morgan fingerprint density at radius 3 is 2.64 bits per heavy atom. The van der Waals surface area contributed by atoms with E-state index in [9.17, 15) is 9.59 Å². The molecule has 0 aromatic carbocycles. The van der Waals surface area contributed by atoms with Gasteiger partial charge in [0.25, 0.3) is 6.47 Å². The fraction of sp³-hybridized carbons (Fsp3) is 0.500. The number of amides is 1. The number of carbonyl (C=O) groups excluding carboxylic acids is 1. The lowest BCUT2D eigenvalue weighted by Crippen LogP contribution is -2.48. The zero-order valence-electron chi connectivity index (χ0n) is 14.6. The van der Waals surface area contributed by atoms with Crippen LogP contribution in [0.1, 0.15) is 25.3 Å². The van der Waals surface area contributed by atoms with E-state index < -0.39 is 0 Å². The number of likely N-dealkylation sites (tertiary alicyclic amines) is 1. The first-order chi connectivity index (χ1) is 12.0. The van der Waals surface area contributed by atoms with E-state index in [0.717, 1.165) is 32.4 Å². The Morgan fingerprint density at radius 2 is 2.12 bits per heavy atom. The lowest BCUT2D eigenvalue weighted by molar-refractivity contribution is -0.126. The lowest BCUT2D eigenvalue weighted by Gasteiger charge is -2.35. The molecule has 3 N–H and O–H groups in total. The minimum absolute atomic E-state index is 0.0575. The summed E-state index contributed by atoms with van der Waals surface area (Å²) in [6.07, 6.45) is 6.65. The van der Waals surface area contributed by atoms with Gasteiger partial charge in [0, 0.05) is 18.8 Å². The molecule has 7 nitrogen and oxygen atoms in total. The number of aromatic amines is 1. The average molecular weight is 349 g/mol. The first kappa shape index (κ1) is 20.6. The Morgan fingerprint density at radius 1 is 1.48 bits per heavy atom. The third-order valence-electron chi connectivity index (χ3n) is 4.37. The molecule has 7 heteroatoms. The summed E-state index contributed by atoms with van der Waals surface area (Å²) in [6, 6.07) is 3.39. The van der Waals surface area contributed by atoms with Gasteiger partial charge < -0.3 is 15.4 Å². The topological polar surface area (TPSA) is 103 Å².